The molecular weight excluding hydrogens is 308 g/mol. The number of aromatic nitrogens is 2. The average molecular weight is 325 g/mol. The second-order valence-corrected chi connectivity index (χ2v) is 6.18. The smallest absolute Gasteiger partial charge is 0.128 e. The summed E-state index contributed by atoms with van der Waals surface area (Å²) in [6, 6.07) is 19.9. The monoisotopic (exact) mass is 325 g/mol. The molecule has 0 bridgehead atoms. The minimum Gasteiger partial charge on any atom is -0.303 e. The van der Waals surface area contributed by atoms with Gasteiger partial charge in [-0.25, -0.2) is 0 Å². The number of benzene rings is 2. The fraction of sp³-hybridized carbons (Fsp3) is 0.0909. The molecule has 4 aromatic rings. The fourth-order valence-corrected chi connectivity index (χ4v) is 3.24. The number of nitrogens with zero attached hydrogens (tertiary/aromatic N) is 2. The molecule has 0 fully saturated rings. The van der Waals surface area contributed by atoms with Crippen LogP contribution in [-0.4, -0.2) is 16.3 Å². The molecule has 0 spiro atoms. The van der Waals surface area contributed by atoms with Crippen molar-refractivity contribution < 1.29 is 4.79 Å². The van der Waals surface area contributed by atoms with Crippen LogP contribution in [0.1, 0.15) is 23.0 Å². The van der Waals surface area contributed by atoms with Crippen molar-refractivity contribution in [3.63, 3.8) is 0 Å². The molecule has 3 nitrogen and oxygen atoms in total. The van der Waals surface area contributed by atoms with Crippen molar-refractivity contribution >= 4 is 28.1 Å². The first-order chi connectivity index (χ1) is 12.3. The van der Waals surface area contributed by atoms with E-state index in [1.165, 1.54) is 0 Å². The van der Waals surface area contributed by atoms with E-state index in [1.54, 1.807) is 12.4 Å². The van der Waals surface area contributed by atoms with Gasteiger partial charge in [-0.05, 0) is 60.4 Å². The van der Waals surface area contributed by atoms with Gasteiger partial charge in [0.25, 0.3) is 0 Å². The van der Waals surface area contributed by atoms with Crippen LogP contribution in [0.5, 0.6) is 0 Å². The normalized spacial score (nSPS) is 13.6. The molecule has 0 amide bonds. The van der Waals surface area contributed by atoms with E-state index in [2.05, 4.69) is 23.0 Å². The lowest BCUT2D eigenvalue weighted by Gasteiger charge is -2.20. The summed E-state index contributed by atoms with van der Waals surface area (Å²) in [6.07, 6.45) is 4.54. The maximum atomic E-state index is 11.9. The maximum absolute atomic E-state index is 11.9. The molecule has 25 heavy (non-hydrogen) atoms. The zero-order valence-corrected chi connectivity index (χ0v) is 13.7. The van der Waals surface area contributed by atoms with E-state index in [0.29, 0.717) is 0 Å². The summed E-state index contributed by atoms with van der Waals surface area (Å²) in [7, 11) is 0. The molecule has 2 unspecified atom stereocenters. The number of fused-ring (bicyclic) bond motifs is 2. The van der Waals surface area contributed by atoms with Gasteiger partial charge >= 0.3 is 0 Å². The predicted molar refractivity (Wildman–Crippen MR) is 100 cm³/mol. The molecule has 0 aliphatic carbocycles. The zero-order chi connectivity index (χ0) is 17.2. The van der Waals surface area contributed by atoms with Crippen LogP contribution in [0.2, 0.25) is 0 Å². The summed E-state index contributed by atoms with van der Waals surface area (Å²) in [5, 5.41) is 2.09. The molecule has 0 saturated heterocycles. The Hall–Kier alpha value is -3.07. The summed E-state index contributed by atoms with van der Waals surface area (Å²) >= 11 is 0. The van der Waals surface area contributed by atoms with E-state index in [9.17, 15) is 4.79 Å². The van der Waals surface area contributed by atoms with Crippen LogP contribution < -0.4 is 0 Å². The van der Waals surface area contributed by atoms with Crippen LogP contribution in [0, 0.1) is 6.92 Å². The molecule has 4 rings (SSSR count). The van der Waals surface area contributed by atoms with Crippen molar-refractivity contribution in [2.24, 2.45) is 0 Å². The van der Waals surface area contributed by atoms with Gasteiger partial charge in [0, 0.05) is 29.1 Å². The second kappa shape index (κ2) is 6.44. The van der Waals surface area contributed by atoms with Crippen molar-refractivity contribution in [1.82, 2.24) is 9.97 Å². The Morgan fingerprint density at radius 3 is 1.96 bits per heavy atom. The van der Waals surface area contributed by atoms with Crippen molar-refractivity contribution in [1.29, 1.82) is 0 Å². The summed E-state index contributed by atoms with van der Waals surface area (Å²) in [5.74, 6) is -0.477. The first kappa shape index (κ1) is 15.5. The van der Waals surface area contributed by atoms with Crippen molar-refractivity contribution in [3.8, 4) is 0 Å². The van der Waals surface area contributed by atoms with E-state index in [4.69, 9.17) is 0 Å². The SMILES string of the molecule is [CH2]C(c1ccc2ncccc2c1)C(C=O)c1ccc2ncccc2c1. The highest BCUT2D eigenvalue weighted by atomic mass is 16.1. The Bertz CT molecular complexity index is 1060. The lowest BCUT2D eigenvalue weighted by molar-refractivity contribution is -0.109. The van der Waals surface area contributed by atoms with Gasteiger partial charge in [-0.2, -0.15) is 0 Å². The highest BCUT2D eigenvalue weighted by Gasteiger charge is 2.21. The summed E-state index contributed by atoms with van der Waals surface area (Å²) < 4.78 is 0. The number of carbonyl (C=O) groups excluding carboxylic acids is 1. The number of hydrogen-bond acceptors (Lipinski definition) is 3. The highest BCUT2D eigenvalue weighted by Crippen LogP contribution is 2.33. The molecule has 1 radical (unpaired) electrons. The van der Waals surface area contributed by atoms with Gasteiger partial charge in [0.05, 0.1) is 11.0 Å². The molecule has 2 atom stereocenters. The first-order valence-corrected chi connectivity index (χ1v) is 8.24. The molecule has 0 aliphatic heterocycles. The summed E-state index contributed by atoms with van der Waals surface area (Å²) in [4.78, 5) is 20.5. The molecule has 2 heterocycles. The summed E-state index contributed by atoms with van der Waals surface area (Å²) in [6.45, 7) is 4.28. The van der Waals surface area contributed by atoms with Gasteiger partial charge in [-0.3, -0.25) is 9.97 Å². The van der Waals surface area contributed by atoms with Gasteiger partial charge in [0.1, 0.15) is 6.29 Å². The van der Waals surface area contributed by atoms with E-state index in [-0.39, 0.29) is 11.8 Å². The topological polar surface area (TPSA) is 42.9 Å². The number of pyridine rings is 2. The fourth-order valence-electron chi connectivity index (χ4n) is 3.24. The van der Waals surface area contributed by atoms with Gasteiger partial charge in [0.2, 0.25) is 0 Å². The van der Waals surface area contributed by atoms with Crippen molar-refractivity contribution in [2.45, 2.75) is 11.8 Å². The zero-order valence-electron chi connectivity index (χ0n) is 13.7. The number of rotatable bonds is 4. The Kier molecular flexibility index (Phi) is 3.98. The molecular formula is C22H17N2O. The minimum atomic E-state index is -0.307. The third-order valence-electron chi connectivity index (χ3n) is 4.65. The van der Waals surface area contributed by atoms with Crippen molar-refractivity contribution in [2.75, 3.05) is 0 Å². The third-order valence-corrected chi connectivity index (χ3v) is 4.65. The molecule has 121 valence electrons. The van der Waals surface area contributed by atoms with Gasteiger partial charge in [0.15, 0.2) is 0 Å². The van der Waals surface area contributed by atoms with Gasteiger partial charge in [-0.15, -0.1) is 0 Å². The molecule has 0 N–H and O–H groups in total. The second-order valence-electron chi connectivity index (χ2n) is 6.18. The molecule has 2 aromatic carbocycles. The van der Waals surface area contributed by atoms with E-state index in [1.807, 2.05) is 54.6 Å². The summed E-state index contributed by atoms with van der Waals surface area (Å²) in [5.41, 5.74) is 3.86. The standard InChI is InChI=1S/C22H17N2O/c1-15(16-6-8-21-18(12-16)4-2-10-23-21)20(14-25)17-7-9-22-19(13-17)5-3-11-24-22/h2-15,20H,1H2. The molecule has 3 heteroatoms. The molecule has 2 aromatic heterocycles. The van der Waals surface area contributed by atoms with E-state index >= 15 is 0 Å². The number of aldehydes is 1. The Morgan fingerprint density at radius 1 is 0.800 bits per heavy atom. The number of carbonyl (C=O) groups is 1. The Labute approximate surface area is 146 Å². The van der Waals surface area contributed by atoms with Crippen LogP contribution in [0.4, 0.5) is 0 Å². The van der Waals surface area contributed by atoms with Gasteiger partial charge < -0.3 is 4.79 Å². The van der Waals surface area contributed by atoms with Crippen LogP contribution in [0.3, 0.4) is 0 Å². The van der Waals surface area contributed by atoms with Crippen molar-refractivity contribution in [3.05, 3.63) is 91.1 Å². The van der Waals surface area contributed by atoms with Crippen LogP contribution >= 0.6 is 0 Å². The molecule has 0 saturated carbocycles. The minimum absolute atomic E-state index is 0.170. The predicted octanol–water partition coefficient (Wildman–Crippen LogP) is 4.68. The highest BCUT2D eigenvalue weighted by molar-refractivity contribution is 5.81. The Morgan fingerprint density at radius 2 is 1.36 bits per heavy atom. The third kappa shape index (κ3) is 2.89. The van der Waals surface area contributed by atoms with E-state index in [0.717, 1.165) is 39.2 Å². The van der Waals surface area contributed by atoms with E-state index < -0.39 is 0 Å². The average Bonchev–Trinajstić information content (AvgIpc) is 2.68. The number of hydrogen-bond donors (Lipinski definition) is 0. The van der Waals surface area contributed by atoms with Crippen LogP contribution in [-0.2, 0) is 4.79 Å². The quantitative estimate of drug-likeness (QED) is 0.512. The van der Waals surface area contributed by atoms with Crippen LogP contribution in [0.15, 0.2) is 73.1 Å². The Balaban J connectivity index is 1.73. The largest absolute Gasteiger partial charge is 0.303 e. The lowest BCUT2D eigenvalue weighted by atomic mass is 9.83. The molecule has 0 aliphatic rings. The first-order valence-electron chi connectivity index (χ1n) is 8.24. The van der Waals surface area contributed by atoms with Gasteiger partial charge in [-0.1, -0.05) is 24.3 Å². The van der Waals surface area contributed by atoms with Crippen LogP contribution in [0.25, 0.3) is 21.8 Å². The lowest BCUT2D eigenvalue weighted by Crippen LogP contribution is -2.10. The maximum Gasteiger partial charge on any atom is 0.128 e.